The Balaban J connectivity index is 1.58. The van der Waals surface area contributed by atoms with Crippen molar-refractivity contribution in [3.8, 4) is 5.75 Å². The highest BCUT2D eigenvalue weighted by Crippen LogP contribution is 2.26. The average Bonchev–Trinajstić information content (AvgIpc) is 3.32. The predicted molar refractivity (Wildman–Crippen MR) is 122 cm³/mol. The van der Waals surface area contributed by atoms with E-state index in [4.69, 9.17) is 4.74 Å². The first-order valence-corrected chi connectivity index (χ1v) is 10.7. The smallest absolute Gasteiger partial charge is 0.309 e. The van der Waals surface area contributed by atoms with Crippen molar-refractivity contribution in [1.82, 2.24) is 15.5 Å². The van der Waals surface area contributed by atoms with Crippen LogP contribution in [-0.4, -0.2) is 57.6 Å². The molecule has 0 radical (unpaired) electrons. The minimum absolute atomic E-state index is 0.0499. The van der Waals surface area contributed by atoms with E-state index in [0.29, 0.717) is 12.3 Å². The highest BCUT2D eigenvalue weighted by atomic mass is 16.5. The van der Waals surface area contributed by atoms with Gasteiger partial charge in [0.15, 0.2) is 0 Å². The number of rotatable bonds is 8. The Hall–Kier alpha value is -3.06. The molecule has 1 fully saturated rings. The molecule has 0 aliphatic carbocycles. The Morgan fingerprint density at radius 2 is 1.71 bits per heavy atom. The lowest BCUT2D eigenvalue weighted by Gasteiger charge is -2.28. The molecule has 166 valence electrons. The van der Waals surface area contributed by atoms with E-state index in [1.165, 1.54) is 0 Å². The van der Waals surface area contributed by atoms with Gasteiger partial charge in [-0.05, 0) is 61.3 Å². The predicted octanol–water partition coefficient (Wildman–Crippen LogP) is 2.33. The van der Waals surface area contributed by atoms with Crippen LogP contribution in [0, 0.1) is 0 Å². The molecule has 1 aliphatic rings. The van der Waals surface area contributed by atoms with Crippen molar-refractivity contribution >= 4 is 17.5 Å². The van der Waals surface area contributed by atoms with E-state index in [1.54, 1.807) is 7.11 Å². The van der Waals surface area contributed by atoms with Gasteiger partial charge in [0.1, 0.15) is 5.75 Å². The number of anilines is 1. The summed E-state index contributed by atoms with van der Waals surface area (Å²) in [6.45, 7) is 2.66. The lowest BCUT2D eigenvalue weighted by Crippen LogP contribution is -2.43. The van der Waals surface area contributed by atoms with Gasteiger partial charge in [-0.1, -0.05) is 24.3 Å². The number of carbonyl (C=O) groups excluding carboxylic acids is 2. The van der Waals surface area contributed by atoms with E-state index in [9.17, 15) is 9.59 Å². The van der Waals surface area contributed by atoms with Crippen molar-refractivity contribution in [1.29, 1.82) is 0 Å². The Labute approximate surface area is 184 Å². The first-order valence-electron chi connectivity index (χ1n) is 10.7. The second-order valence-corrected chi connectivity index (χ2v) is 7.99. The Morgan fingerprint density at radius 3 is 2.35 bits per heavy atom. The number of nitrogens with zero attached hydrogens (tertiary/aromatic N) is 2. The van der Waals surface area contributed by atoms with Crippen molar-refractivity contribution in [2.24, 2.45) is 0 Å². The standard InChI is InChI=1S/C24H32N4O3/c1-27(2)20-11-9-19(10-12-20)22(28-13-4-5-14-28)17-26-24(30)23(29)25-16-18-7-6-8-21(15-18)31-3/h6-12,15,22H,4-5,13-14,16-17H2,1-3H3,(H,25,29)(H,26,30)/t22-/m0/s1. The molecule has 0 bridgehead atoms. The van der Waals surface area contributed by atoms with Gasteiger partial charge in [-0.15, -0.1) is 0 Å². The van der Waals surface area contributed by atoms with Crippen molar-refractivity contribution in [2.75, 3.05) is 45.7 Å². The third kappa shape index (κ3) is 6.21. The number of methoxy groups -OCH3 is 1. The molecule has 0 aromatic heterocycles. The van der Waals surface area contributed by atoms with Gasteiger partial charge in [0.25, 0.3) is 0 Å². The summed E-state index contributed by atoms with van der Waals surface area (Å²) in [5, 5.41) is 5.50. The van der Waals surface area contributed by atoms with Gasteiger partial charge in [0.2, 0.25) is 0 Å². The number of hydrogen-bond donors (Lipinski definition) is 2. The fraction of sp³-hybridized carbons (Fsp3) is 0.417. The molecule has 31 heavy (non-hydrogen) atoms. The molecule has 0 spiro atoms. The molecule has 2 amide bonds. The normalized spacial score (nSPS) is 14.7. The highest BCUT2D eigenvalue weighted by molar-refractivity contribution is 6.35. The zero-order valence-electron chi connectivity index (χ0n) is 18.6. The topological polar surface area (TPSA) is 73.9 Å². The summed E-state index contributed by atoms with van der Waals surface area (Å²) >= 11 is 0. The van der Waals surface area contributed by atoms with Gasteiger partial charge in [-0.3, -0.25) is 14.5 Å². The number of hydrogen-bond acceptors (Lipinski definition) is 5. The van der Waals surface area contributed by atoms with E-state index in [0.717, 1.165) is 42.7 Å². The van der Waals surface area contributed by atoms with Crippen LogP contribution in [0.2, 0.25) is 0 Å². The molecule has 2 N–H and O–H groups in total. The maximum atomic E-state index is 12.4. The highest BCUT2D eigenvalue weighted by Gasteiger charge is 2.25. The first-order chi connectivity index (χ1) is 15.0. The maximum absolute atomic E-state index is 12.4. The minimum Gasteiger partial charge on any atom is -0.497 e. The summed E-state index contributed by atoms with van der Waals surface area (Å²) < 4.78 is 5.19. The molecule has 1 atom stereocenters. The summed E-state index contributed by atoms with van der Waals surface area (Å²) in [7, 11) is 5.62. The van der Waals surface area contributed by atoms with Gasteiger partial charge in [0.05, 0.1) is 13.2 Å². The molecule has 1 saturated heterocycles. The quantitative estimate of drug-likeness (QED) is 0.637. The largest absolute Gasteiger partial charge is 0.497 e. The molecule has 0 unspecified atom stereocenters. The van der Waals surface area contributed by atoms with Crippen LogP contribution in [0.3, 0.4) is 0 Å². The number of likely N-dealkylation sites (tertiary alicyclic amines) is 1. The van der Waals surface area contributed by atoms with Gasteiger partial charge in [-0.2, -0.15) is 0 Å². The van der Waals surface area contributed by atoms with E-state index in [1.807, 2.05) is 38.4 Å². The van der Waals surface area contributed by atoms with Crippen LogP contribution in [0.15, 0.2) is 48.5 Å². The summed E-state index contributed by atoms with van der Waals surface area (Å²) in [6, 6.07) is 15.8. The van der Waals surface area contributed by atoms with Crippen molar-refractivity contribution < 1.29 is 14.3 Å². The Bertz CT molecular complexity index is 877. The molecule has 2 aromatic rings. The second kappa shape index (κ2) is 10.8. The van der Waals surface area contributed by atoms with E-state index in [-0.39, 0.29) is 12.6 Å². The molecule has 7 nitrogen and oxygen atoms in total. The Morgan fingerprint density at radius 1 is 1.03 bits per heavy atom. The zero-order chi connectivity index (χ0) is 22.2. The molecule has 0 saturated carbocycles. The SMILES string of the molecule is COc1cccc(CNC(=O)C(=O)NC[C@@H](c2ccc(N(C)C)cc2)N2CCCC2)c1. The van der Waals surface area contributed by atoms with Gasteiger partial charge < -0.3 is 20.3 Å². The van der Waals surface area contributed by atoms with Crippen LogP contribution in [0.1, 0.15) is 30.0 Å². The van der Waals surface area contributed by atoms with Crippen molar-refractivity contribution in [2.45, 2.75) is 25.4 Å². The second-order valence-electron chi connectivity index (χ2n) is 7.99. The molecule has 1 aliphatic heterocycles. The Kier molecular flexibility index (Phi) is 7.89. The summed E-state index contributed by atoms with van der Waals surface area (Å²) in [4.78, 5) is 29.1. The molecule has 3 rings (SSSR count). The van der Waals surface area contributed by atoms with Gasteiger partial charge in [-0.25, -0.2) is 0 Å². The third-order valence-electron chi connectivity index (χ3n) is 5.63. The third-order valence-corrected chi connectivity index (χ3v) is 5.63. The van der Waals surface area contributed by atoms with Crippen molar-refractivity contribution in [3.63, 3.8) is 0 Å². The number of ether oxygens (including phenoxy) is 1. The lowest BCUT2D eigenvalue weighted by atomic mass is 10.0. The van der Waals surface area contributed by atoms with Crippen LogP contribution in [0.4, 0.5) is 5.69 Å². The van der Waals surface area contributed by atoms with E-state index < -0.39 is 11.8 Å². The van der Waals surface area contributed by atoms with E-state index >= 15 is 0 Å². The number of amides is 2. The fourth-order valence-corrected chi connectivity index (χ4v) is 3.82. The van der Waals surface area contributed by atoms with Crippen LogP contribution in [0.5, 0.6) is 5.75 Å². The van der Waals surface area contributed by atoms with Gasteiger partial charge >= 0.3 is 11.8 Å². The lowest BCUT2D eigenvalue weighted by molar-refractivity contribution is -0.139. The van der Waals surface area contributed by atoms with Crippen LogP contribution in [0.25, 0.3) is 0 Å². The maximum Gasteiger partial charge on any atom is 0.309 e. The number of carbonyl (C=O) groups is 2. The summed E-state index contributed by atoms with van der Waals surface area (Å²) in [6.07, 6.45) is 2.31. The van der Waals surface area contributed by atoms with Crippen LogP contribution < -0.4 is 20.3 Å². The summed E-state index contributed by atoms with van der Waals surface area (Å²) in [5.74, 6) is -0.534. The molecule has 2 aromatic carbocycles. The molecular formula is C24H32N4O3. The van der Waals surface area contributed by atoms with E-state index in [2.05, 4.69) is 44.7 Å². The molecule has 1 heterocycles. The van der Waals surface area contributed by atoms with Gasteiger partial charge in [0, 0.05) is 32.9 Å². The van der Waals surface area contributed by atoms with Crippen LogP contribution >= 0.6 is 0 Å². The number of benzene rings is 2. The van der Waals surface area contributed by atoms with Crippen LogP contribution in [-0.2, 0) is 16.1 Å². The fourth-order valence-electron chi connectivity index (χ4n) is 3.82. The average molecular weight is 425 g/mol. The zero-order valence-corrected chi connectivity index (χ0v) is 18.6. The first kappa shape index (κ1) is 22.6. The number of nitrogens with one attached hydrogen (secondary N) is 2. The van der Waals surface area contributed by atoms with Crippen molar-refractivity contribution in [3.05, 3.63) is 59.7 Å². The summed E-state index contributed by atoms with van der Waals surface area (Å²) in [5.41, 5.74) is 3.14. The molecular weight excluding hydrogens is 392 g/mol. The molecule has 7 heteroatoms. The monoisotopic (exact) mass is 424 g/mol. The minimum atomic E-state index is -0.633.